The minimum absolute atomic E-state index is 0.316. The van der Waals surface area contributed by atoms with Crippen LogP contribution in [0.4, 0.5) is 0 Å². The van der Waals surface area contributed by atoms with Crippen molar-refractivity contribution in [2.75, 3.05) is 14.2 Å². The summed E-state index contributed by atoms with van der Waals surface area (Å²) in [5.74, 6) is -2.08. The van der Waals surface area contributed by atoms with Crippen LogP contribution in [0.15, 0.2) is 30.3 Å². The van der Waals surface area contributed by atoms with E-state index >= 15 is 0 Å². The number of carbonyl (C=O) groups is 4. The van der Waals surface area contributed by atoms with E-state index in [1.54, 1.807) is 37.3 Å². The molecule has 0 radical (unpaired) electrons. The first-order chi connectivity index (χ1) is 16.6. The fourth-order valence-electron chi connectivity index (χ4n) is 4.37. The summed E-state index contributed by atoms with van der Waals surface area (Å²) in [6, 6.07) is 8.42. The van der Waals surface area contributed by atoms with Crippen molar-refractivity contribution in [2.24, 2.45) is 0 Å². The molecule has 1 aliphatic rings. The Morgan fingerprint density at radius 1 is 0.771 bits per heavy atom. The predicted octanol–water partition coefficient (Wildman–Crippen LogP) is 2.89. The van der Waals surface area contributed by atoms with E-state index < -0.39 is 54.4 Å². The Bertz CT molecular complexity index is 1140. The van der Waals surface area contributed by atoms with Crippen molar-refractivity contribution >= 4 is 34.6 Å². The molecule has 0 spiro atoms. The van der Waals surface area contributed by atoms with E-state index in [4.69, 9.17) is 28.4 Å². The van der Waals surface area contributed by atoms with Crippen molar-refractivity contribution in [3.63, 3.8) is 0 Å². The highest BCUT2D eigenvalue weighted by Gasteiger charge is 2.51. The molecule has 0 amide bonds. The average Bonchev–Trinajstić information content (AvgIpc) is 2.80. The molecular weight excluding hydrogens is 460 g/mol. The third kappa shape index (κ3) is 5.37. The molecule has 1 unspecified atom stereocenters. The number of hydrogen-bond acceptors (Lipinski definition) is 10. The van der Waals surface area contributed by atoms with Crippen molar-refractivity contribution in [3.05, 3.63) is 41.5 Å². The van der Waals surface area contributed by atoms with Crippen LogP contribution in [0.5, 0.6) is 5.75 Å². The maximum absolute atomic E-state index is 12.4. The van der Waals surface area contributed by atoms with Crippen LogP contribution in [0.2, 0.25) is 0 Å². The van der Waals surface area contributed by atoms with Gasteiger partial charge in [-0.25, -0.2) is 4.79 Å². The van der Waals surface area contributed by atoms with Gasteiger partial charge in [0.05, 0.1) is 25.9 Å². The molecule has 2 aromatic rings. The van der Waals surface area contributed by atoms with Crippen LogP contribution in [0, 0.1) is 0 Å². The maximum atomic E-state index is 12.4. The minimum atomic E-state index is -1.20. The molecule has 10 heteroatoms. The first-order valence-corrected chi connectivity index (χ1v) is 10.9. The second-order valence-corrected chi connectivity index (χ2v) is 8.06. The predicted molar refractivity (Wildman–Crippen MR) is 122 cm³/mol. The van der Waals surface area contributed by atoms with Crippen molar-refractivity contribution < 1.29 is 47.6 Å². The summed E-state index contributed by atoms with van der Waals surface area (Å²) in [5.41, 5.74) is 0.781. The van der Waals surface area contributed by atoms with E-state index in [2.05, 4.69) is 0 Å². The van der Waals surface area contributed by atoms with Gasteiger partial charge in [-0.15, -0.1) is 0 Å². The third-order valence-corrected chi connectivity index (χ3v) is 5.65. The van der Waals surface area contributed by atoms with Gasteiger partial charge in [0.2, 0.25) is 0 Å². The first-order valence-electron chi connectivity index (χ1n) is 10.9. The second-order valence-electron chi connectivity index (χ2n) is 8.06. The average molecular weight is 488 g/mol. The zero-order valence-corrected chi connectivity index (χ0v) is 20.4. The summed E-state index contributed by atoms with van der Waals surface area (Å²) >= 11 is 0. The maximum Gasteiger partial charge on any atom is 0.338 e. The highest BCUT2D eigenvalue weighted by Crippen LogP contribution is 2.44. The van der Waals surface area contributed by atoms with Crippen LogP contribution in [-0.2, 0) is 38.1 Å². The second kappa shape index (κ2) is 10.7. The van der Waals surface area contributed by atoms with Gasteiger partial charge in [0.1, 0.15) is 11.9 Å². The fraction of sp³-hybridized carbons (Fsp3) is 0.440. The largest absolute Gasteiger partial charge is 0.496 e. The van der Waals surface area contributed by atoms with E-state index in [0.29, 0.717) is 27.6 Å². The van der Waals surface area contributed by atoms with Crippen molar-refractivity contribution in [3.8, 4) is 5.75 Å². The molecule has 5 atom stereocenters. The summed E-state index contributed by atoms with van der Waals surface area (Å²) in [7, 11) is 2.75. The number of methoxy groups -OCH3 is 2. The van der Waals surface area contributed by atoms with Crippen LogP contribution in [0.25, 0.3) is 10.8 Å². The van der Waals surface area contributed by atoms with E-state index in [1.165, 1.54) is 35.0 Å². The first kappa shape index (κ1) is 26.0. The molecule has 10 nitrogen and oxygen atoms in total. The highest BCUT2D eigenvalue weighted by molar-refractivity contribution is 6.06. The standard InChI is InChI=1S/C25H28O10/c1-12-21(33-13(2)26)23(34-14(3)27)24(35-15(4)28)22(32-12)20-17-8-7-9-18(25(29)31-6)16(17)10-11-19(20)30-5/h7-12,21-24H,1-6H3/t12-,21+,22?,23+,24+/m0/s1. The van der Waals surface area contributed by atoms with Gasteiger partial charge in [0.15, 0.2) is 18.3 Å². The lowest BCUT2D eigenvalue weighted by molar-refractivity contribution is -0.245. The molecule has 35 heavy (non-hydrogen) atoms. The smallest absolute Gasteiger partial charge is 0.338 e. The normalized spacial score (nSPS) is 23.8. The number of fused-ring (bicyclic) bond motifs is 1. The molecule has 0 bridgehead atoms. The van der Waals surface area contributed by atoms with Gasteiger partial charge in [-0.2, -0.15) is 0 Å². The molecule has 0 aromatic heterocycles. The number of carbonyl (C=O) groups excluding carboxylic acids is 4. The van der Waals surface area contributed by atoms with Crippen molar-refractivity contribution in [1.29, 1.82) is 0 Å². The lowest BCUT2D eigenvalue weighted by Crippen LogP contribution is -2.57. The van der Waals surface area contributed by atoms with E-state index in [9.17, 15) is 19.2 Å². The summed E-state index contributed by atoms with van der Waals surface area (Å²) in [6.45, 7) is 5.27. The third-order valence-electron chi connectivity index (χ3n) is 5.65. The molecule has 0 aliphatic carbocycles. The van der Waals surface area contributed by atoms with E-state index in [0.717, 1.165) is 0 Å². The molecule has 0 saturated carbocycles. The van der Waals surface area contributed by atoms with Gasteiger partial charge in [-0.05, 0) is 35.9 Å². The lowest BCUT2D eigenvalue weighted by atomic mass is 9.87. The molecule has 1 saturated heterocycles. The summed E-state index contributed by atoms with van der Waals surface area (Å²) < 4.78 is 33.3. The molecule has 3 rings (SSSR count). The number of benzene rings is 2. The van der Waals surface area contributed by atoms with Crippen LogP contribution in [0.1, 0.15) is 49.7 Å². The Kier molecular flexibility index (Phi) is 7.96. The number of esters is 4. The van der Waals surface area contributed by atoms with E-state index in [-0.39, 0.29) is 0 Å². The molecular formula is C25H28O10. The monoisotopic (exact) mass is 488 g/mol. The Hall–Kier alpha value is -3.66. The minimum Gasteiger partial charge on any atom is -0.496 e. The Morgan fingerprint density at radius 3 is 1.94 bits per heavy atom. The Balaban J connectivity index is 2.26. The summed E-state index contributed by atoms with van der Waals surface area (Å²) in [5, 5.41) is 1.13. The quantitative estimate of drug-likeness (QED) is 0.443. The van der Waals surface area contributed by atoms with Crippen LogP contribution in [0.3, 0.4) is 0 Å². The topological polar surface area (TPSA) is 124 Å². The Labute approximate surface area is 202 Å². The zero-order chi connectivity index (χ0) is 25.9. The molecule has 1 aliphatic heterocycles. The summed E-state index contributed by atoms with van der Waals surface area (Å²) in [6.07, 6.45) is -5.17. The molecule has 0 N–H and O–H groups in total. The van der Waals surface area contributed by atoms with Crippen LogP contribution >= 0.6 is 0 Å². The van der Waals surface area contributed by atoms with Crippen molar-refractivity contribution in [1.82, 2.24) is 0 Å². The van der Waals surface area contributed by atoms with Gasteiger partial charge in [0.25, 0.3) is 0 Å². The van der Waals surface area contributed by atoms with Crippen LogP contribution in [-0.4, -0.2) is 62.5 Å². The summed E-state index contributed by atoms with van der Waals surface area (Å²) in [4.78, 5) is 48.3. The molecule has 188 valence electrons. The number of rotatable bonds is 6. The van der Waals surface area contributed by atoms with Gasteiger partial charge < -0.3 is 28.4 Å². The number of hydrogen-bond donors (Lipinski definition) is 0. The van der Waals surface area contributed by atoms with Gasteiger partial charge in [-0.3, -0.25) is 14.4 Å². The highest BCUT2D eigenvalue weighted by atomic mass is 16.6. The van der Waals surface area contributed by atoms with Crippen molar-refractivity contribution in [2.45, 2.75) is 58.2 Å². The number of ether oxygens (including phenoxy) is 6. The lowest BCUT2D eigenvalue weighted by Gasteiger charge is -2.44. The Morgan fingerprint density at radius 2 is 1.37 bits per heavy atom. The van der Waals surface area contributed by atoms with E-state index in [1.807, 2.05) is 0 Å². The van der Waals surface area contributed by atoms with Gasteiger partial charge >= 0.3 is 23.9 Å². The SMILES string of the molecule is COC(=O)c1cccc2c(C3O[C@@H](C)[C@@H](OC(C)=O)[C@@H](OC(C)=O)[C@@H]3OC(C)=O)c(OC)ccc12. The van der Waals surface area contributed by atoms with Gasteiger partial charge in [0, 0.05) is 26.3 Å². The van der Waals surface area contributed by atoms with Crippen LogP contribution < -0.4 is 4.74 Å². The van der Waals surface area contributed by atoms with Gasteiger partial charge in [-0.1, -0.05) is 12.1 Å². The molecule has 1 heterocycles. The molecule has 1 fully saturated rings. The fourth-order valence-corrected chi connectivity index (χ4v) is 4.37. The molecule has 2 aromatic carbocycles. The zero-order valence-electron chi connectivity index (χ0n) is 20.4.